The minimum absolute atomic E-state index is 0.752. The van der Waals surface area contributed by atoms with E-state index in [-0.39, 0.29) is 0 Å². The number of aryl methyl sites for hydroxylation is 1. The van der Waals surface area contributed by atoms with Gasteiger partial charge in [-0.15, -0.1) is 0 Å². The number of rotatable bonds is 7. The van der Waals surface area contributed by atoms with E-state index in [0.717, 1.165) is 31.3 Å². The lowest BCUT2D eigenvalue weighted by Gasteiger charge is -2.33. The van der Waals surface area contributed by atoms with Crippen LogP contribution in [0.25, 0.3) is 0 Å². The SMILES string of the molecule is CCc1ccc(CN2CCCC(CNCC(C)C)C2)cc1. The van der Waals surface area contributed by atoms with Crippen LogP contribution in [-0.2, 0) is 13.0 Å². The quantitative estimate of drug-likeness (QED) is 0.823. The van der Waals surface area contributed by atoms with Gasteiger partial charge in [0.25, 0.3) is 0 Å². The average molecular weight is 288 g/mol. The van der Waals surface area contributed by atoms with Gasteiger partial charge < -0.3 is 5.32 Å². The number of hydrogen-bond donors (Lipinski definition) is 1. The van der Waals surface area contributed by atoms with Crippen LogP contribution in [0.1, 0.15) is 44.7 Å². The van der Waals surface area contributed by atoms with E-state index in [2.05, 4.69) is 55.3 Å². The topological polar surface area (TPSA) is 15.3 Å². The molecule has 1 saturated heterocycles. The van der Waals surface area contributed by atoms with Gasteiger partial charge in [0.15, 0.2) is 0 Å². The third kappa shape index (κ3) is 5.80. The summed E-state index contributed by atoms with van der Waals surface area (Å²) in [5.74, 6) is 1.58. The van der Waals surface area contributed by atoms with Crippen molar-refractivity contribution in [2.45, 2.75) is 46.6 Å². The highest BCUT2D eigenvalue weighted by Gasteiger charge is 2.19. The molecule has 1 aromatic carbocycles. The zero-order valence-corrected chi connectivity index (χ0v) is 14.1. The van der Waals surface area contributed by atoms with Gasteiger partial charge in [0.05, 0.1) is 0 Å². The first kappa shape index (κ1) is 16.5. The highest BCUT2D eigenvalue weighted by Crippen LogP contribution is 2.18. The Morgan fingerprint density at radius 3 is 2.57 bits per heavy atom. The Morgan fingerprint density at radius 1 is 1.19 bits per heavy atom. The molecule has 1 heterocycles. The summed E-state index contributed by atoms with van der Waals surface area (Å²) in [7, 11) is 0. The van der Waals surface area contributed by atoms with Crippen molar-refractivity contribution in [3.05, 3.63) is 35.4 Å². The molecule has 118 valence electrons. The molecule has 0 spiro atoms. The summed E-state index contributed by atoms with van der Waals surface area (Å²) in [6.45, 7) is 12.7. The van der Waals surface area contributed by atoms with Gasteiger partial charge in [-0.1, -0.05) is 45.0 Å². The fraction of sp³-hybridized carbons (Fsp3) is 0.684. The fourth-order valence-electron chi connectivity index (χ4n) is 3.18. The summed E-state index contributed by atoms with van der Waals surface area (Å²) in [4.78, 5) is 2.63. The standard InChI is InChI=1S/C19H32N2/c1-4-17-7-9-18(10-8-17)14-21-11-5-6-19(15-21)13-20-12-16(2)3/h7-10,16,19-20H,4-6,11-15H2,1-3H3. The normalized spacial score (nSPS) is 20.1. The Kier molecular flexibility index (Phi) is 6.72. The third-order valence-corrected chi connectivity index (χ3v) is 4.43. The van der Waals surface area contributed by atoms with Crippen molar-refractivity contribution in [2.24, 2.45) is 11.8 Å². The van der Waals surface area contributed by atoms with Crippen LogP contribution in [-0.4, -0.2) is 31.1 Å². The molecule has 0 aromatic heterocycles. The minimum atomic E-state index is 0.752. The number of piperidine rings is 1. The van der Waals surface area contributed by atoms with Crippen molar-refractivity contribution < 1.29 is 0 Å². The van der Waals surface area contributed by atoms with Crippen LogP contribution in [0.5, 0.6) is 0 Å². The fourth-order valence-corrected chi connectivity index (χ4v) is 3.18. The van der Waals surface area contributed by atoms with E-state index in [9.17, 15) is 0 Å². The van der Waals surface area contributed by atoms with Gasteiger partial charge in [-0.25, -0.2) is 0 Å². The van der Waals surface area contributed by atoms with E-state index in [1.54, 1.807) is 0 Å². The highest BCUT2D eigenvalue weighted by atomic mass is 15.1. The number of likely N-dealkylation sites (tertiary alicyclic amines) is 1. The number of nitrogens with zero attached hydrogens (tertiary/aromatic N) is 1. The second kappa shape index (κ2) is 8.55. The Hall–Kier alpha value is -0.860. The van der Waals surface area contributed by atoms with Crippen LogP contribution in [0.15, 0.2) is 24.3 Å². The second-order valence-corrected chi connectivity index (χ2v) is 6.97. The Bertz CT molecular complexity index is 397. The summed E-state index contributed by atoms with van der Waals surface area (Å²) in [5, 5.41) is 3.63. The van der Waals surface area contributed by atoms with E-state index in [0.29, 0.717) is 0 Å². The molecule has 0 bridgehead atoms. The molecule has 1 N–H and O–H groups in total. The summed E-state index contributed by atoms with van der Waals surface area (Å²) >= 11 is 0. The minimum Gasteiger partial charge on any atom is -0.316 e. The molecule has 1 fully saturated rings. The Labute approximate surface area is 130 Å². The summed E-state index contributed by atoms with van der Waals surface area (Å²) in [5.41, 5.74) is 2.90. The van der Waals surface area contributed by atoms with Crippen LogP contribution >= 0.6 is 0 Å². The van der Waals surface area contributed by atoms with Crippen LogP contribution in [0.4, 0.5) is 0 Å². The zero-order valence-electron chi connectivity index (χ0n) is 14.1. The van der Waals surface area contributed by atoms with Crippen molar-refractivity contribution in [3.63, 3.8) is 0 Å². The summed E-state index contributed by atoms with van der Waals surface area (Å²) in [6.07, 6.45) is 3.87. The van der Waals surface area contributed by atoms with Crippen LogP contribution in [0.3, 0.4) is 0 Å². The Morgan fingerprint density at radius 2 is 1.90 bits per heavy atom. The van der Waals surface area contributed by atoms with Gasteiger partial charge >= 0.3 is 0 Å². The molecule has 0 radical (unpaired) electrons. The van der Waals surface area contributed by atoms with Crippen molar-refractivity contribution in [3.8, 4) is 0 Å². The van der Waals surface area contributed by atoms with Crippen molar-refractivity contribution in [1.82, 2.24) is 10.2 Å². The molecule has 1 aromatic rings. The van der Waals surface area contributed by atoms with Crippen molar-refractivity contribution >= 4 is 0 Å². The van der Waals surface area contributed by atoms with Gasteiger partial charge in [0.1, 0.15) is 0 Å². The average Bonchev–Trinajstić information content (AvgIpc) is 2.48. The van der Waals surface area contributed by atoms with Crippen LogP contribution in [0, 0.1) is 11.8 Å². The van der Waals surface area contributed by atoms with E-state index in [4.69, 9.17) is 0 Å². The van der Waals surface area contributed by atoms with Crippen molar-refractivity contribution in [2.75, 3.05) is 26.2 Å². The smallest absolute Gasteiger partial charge is 0.0233 e. The summed E-state index contributed by atoms with van der Waals surface area (Å²) in [6, 6.07) is 9.17. The molecule has 0 amide bonds. The number of nitrogens with one attached hydrogen (secondary N) is 1. The molecule has 0 aliphatic carbocycles. The van der Waals surface area contributed by atoms with Crippen LogP contribution in [0.2, 0.25) is 0 Å². The highest BCUT2D eigenvalue weighted by molar-refractivity contribution is 5.22. The number of hydrogen-bond acceptors (Lipinski definition) is 2. The largest absolute Gasteiger partial charge is 0.316 e. The Balaban J connectivity index is 1.77. The van der Waals surface area contributed by atoms with E-state index >= 15 is 0 Å². The van der Waals surface area contributed by atoms with Gasteiger partial charge in [0.2, 0.25) is 0 Å². The molecule has 21 heavy (non-hydrogen) atoms. The third-order valence-electron chi connectivity index (χ3n) is 4.43. The van der Waals surface area contributed by atoms with Gasteiger partial charge in [-0.05, 0) is 61.9 Å². The molecule has 1 aliphatic heterocycles. The molecule has 0 saturated carbocycles. The van der Waals surface area contributed by atoms with E-state index in [1.165, 1.54) is 43.6 Å². The lowest BCUT2D eigenvalue weighted by atomic mass is 9.97. The van der Waals surface area contributed by atoms with E-state index < -0.39 is 0 Å². The molecule has 1 aliphatic rings. The zero-order chi connectivity index (χ0) is 15.1. The van der Waals surface area contributed by atoms with Crippen LogP contribution < -0.4 is 5.32 Å². The molecular weight excluding hydrogens is 256 g/mol. The first-order chi connectivity index (χ1) is 10.2. The molecule has 1 unspecified atom stereocenters. The predicted molar refractivity (Wildman–Crippen MR) is 91.5 cm³/mol. The van der Waals surface area contributed by atoms with Gasteiger partial charge in [-0.3, -0.25) is 4.90 Å². The number of benzene rings is 1. The monoisotopic (exact) mass is 288 g/mol. The molecule has 2 heteroatoms. The van der Waals surface area contributed by atoms with Gasteiger partial charge in [0, 0.05) is 13.1 Å². The van der Waals surface area contributed by atoms with E-state index in [1.807, 2.05) is 0 Å². The molecule has 2 nitrogen and oxygen atoms in total. The first-order valence-corrected chi connectivity index (χ1v) is 8.68. The maximum Gasteiger partial charge on any atom is 0.0233 e. The van der Waals surface area contributed by atoms with Crippen molar-refractivity contribution in [1.29, 1.82) is 0 Å². The van der Waals surface area contributed by atoms with Gasteiger partial charge in [-0.2, -0.15) is 0 Å². The lowest BCUT2D eigenvalue weighted by Crippen LogP contribution is -2.39. The molecule has 1 atom stereocenters. The summed E-state index contributed by atoms with van der Waals surface area (Å²) < 4.78 is 0. The maximum absolute atomic E-state index is 3.63. The molecular formula is C19H32N2. The maximum atomic E-state index is 3.63. The predicted octanol–water partition coefficient (Wildman–Crippen LogP) is 3.71. The first-order valence-electron chi connectivity index (χ1n) is 8.68. The molecule has 2 rings (SSSR count). The second-order valence-electron chi connectivity index (χ2n) is 6.97. The lowest BCUT2D eigenvalue weighted by molar-refractivity contribution is 0.165.